The minimum absolute atomic E-state index is 0.0509. The minimum Gasteiger partial charge on any atom is -0.321 e. The third-order valence-corrected chi connectivity index (χ3v) is 6.48. The summed E-state index contributed by atoms with van der Waals surface area (Å²) in [5, 5.41) is 10.6. The van der Waals surface area contributed by atoms with Gasteiger partial charge in [0.05, 0.1) is 5.69 Å². The van der Waals surface area contributed by atoms with Gasteiger partial charge in [-0.05, 0) is 50.5 Å². The summed E-state index contributed by atoms with van der Waals surface area (Å²) in [6.45, 7) is 4.24. The third-order valence-electron chi connectivity index (χ3n) is 6.48. The smallest absolute Gasteiger partial charge is 0.274 e. The van der Waals surface area contributed by atoms with Gasteiger partial charge in [0.2, 0.25) is 0 Å². The minimum atomic E-state index is -1.70. The van der Waals surface area contributed by atoms with Gasteiger partial charge in [0.15, 0.2) is 0 Å². The number of nitrogens with zero attached hydrogens (tertiary/aromatic N) is 6. The van der Waals surface area contributed by atoms with E-state index in [0.717, 1.165) is 12.8 Å². The molecule has 1 aliphatic carbocycles. The van der Waals surface area contributed by atoms with E-state index >= 15 is 4.39 Å². The third kappa shape index (κ3) is 5.37. The molecule has 35 heavy (non-hydrogen) atoms. The van der Waals surface area contributed by atoms with Gasteiger partial charge in [0.1, 0.15) is 35.0 Å². The van der Waals surface area contributed by atoms with Crippen LogP contribution in [0.15, 0.2) is 36.7 Å². The van der Waals surface area contributed by atoms with Crippen LogP contribution in [0.4, 0.5) is 14.5 Å². The fourth-order valence-electron chi connectivity index (χ4n) is 4.45. The molecular formula is C25H29F2N7O. The number of benzene rings is 1. The SMILES string of the molecule is Cn1cnnc1C[C@@](C)(F)c1cccc(NC(=O)c2cc(CN3CC(C)(F)C3)nc(C3CC3)n2)c1. The molecule has 0 unspecified atom stereocenters. The van der Waals surface area contributed by atoms with Crippen LogP contribution in [-0.2, 0) is 25.7 Å². The number of halogens is 2. The Labute approximate surface area is 202 Å². The number of carbonyl (C=O) groups excluding carboxylic acids is 1. The van der Waals surface area contributed by atoms with Crippen LogP contribution in [0.3, 0.4) is 0 Å². The summed E-state index contributed by atoms with van der Waals surface area (Å²) in [6.07, 6.45) is 3.58. The van der Waals surface area contributed by atoms with Gasteiger partial charge in [0, 0.05) is 44.7 Å². The van der Waals surface area contributed by atoms with Crippen molar-refractivity contribution >= 4 is 11.6 Å². The molecule has 2 aromatic heterocycles. The van der Waals surface area contributed by atoms with Gasteiger partial charge in [0.25, 0.3) is 5.91 Å². The predicted octanol–water partition coefficient (Wildman–Crippen LogP) is 3.71. The highest BCUT2D eigenvalue weighted by Gasteiger charge is 2.39. The molecule has 8 nitrogen and oxygen atoms in total. The lowest BCUT2D eigenvalue weighted by Crippen LogP contribution is -2.56. The van der Waals surface area contributed by atoms with Gasteiger partial charge in [-0.15, -0.1) is 10.2 Å². The van der Waals surface area contributed by atoms with Crippen molar-refractivity contribution in [2.45, 2.75) is 56.9 Å². The second-order valence-electron chi connectivity index (χ2n) is 10.2. The van der Waals surface area contributed by atoms with E-state index in [1.54, 1.807) is 48.9 Å². The average molecular weight is 482 g/mol. The highest BCUT2D eigenvalue weighted by molar-refractivity contribution is 6.03. The Morgan fingerprint density at radius 1 is 1.26 bits per heavy atom. The maximum Gasteiger partial charge on any atom is 0.274 e. The molecule has 3 aromatic rings. The number of aromatic nitrogens is 5. The Bertz CT molecular complexity index is 1240. The summed E-state index contributed by atoms with van der Waals surface area (Å²) in [4.78, 5) is 24.2. The van der Waals surface area contributed by atoms with Crippen molar-refractivity contribution < 1.29 is 13.6 Å². The van der Waals surface area contributed by atoms with Gasteiger partial charge in [-0.1, -0.05) is 12.1 Å². The Kier molecular flexibility index (Phi) is 5.86. The monoisotopic (exact) mass is 481 g/mol. The molecule has 3 heterocycles. The van der Waals surface area contributed by atoms with Crippen molar-refractivity contribution in [3.05, 3.63) is 65.3 Å². The van der Waals surface area contributed by atoms with Crippen LogP contribution in [0.5, 0.6) is 0 Å². The summed E-state index contributed by atoms with van der Waals surface area (Å²) in [5.74, 6) is 1.06. The number of aryl methyl sites for hydroxylation is 1. The van der Waals surface area contributed by atoms with Crippen molar-refractivity contribution in [3.8, 4) is 0 Å². The lowest BCUT2D eigenvalue weighted by Gasteiger charge is -2.42. The van der Waals surface area contributed by atoms with E-state index in [-0.39, 0.29) is 23.9 Å². The second-order valence-corrected chi connectivity index (χ2v) is 10.2. The number of alkyl halides is 2. The zero-order valence-corrected chi connectivity index (χ0v) is 20.1. The summed E-state index contributed by atoms with van der Waals surface area (Å²) >= 11 is 0. The van der Waals surface area contributed by atoms with Gasteiger partial charge in [-0.3, -0.25) is 9.69 Å². The fourth-order valence-corrected chi connectivity index (χ4v) is 4.45. The van der Waals surface area contributed by atoms with Crippen LogP contribution in [-0.4, -0.2) is 54.3 Å². The van der Waals surface area contributed by atoms with E-state index in [1.165, 1.54) is 13.3 Å². The first-order valence-electron chi connectivity index (χ1n) is 11.8. The molecule has 10 heteroatoms. The fraction of sp³-hybridized carbons (Fsp3) is 0.480. The van der Waals surface area contributed by atoms with Crippen LogP contribution in [0, 0.1) is 0 Å². The first-order valence-corrected chi connectivity index (χ1v) is 11.8. The van der Waals surface area contributed by atoms with Crippen LogP contribution in [0.2, 0.25) is 0 Å². The number of amides is 1. The average Bonchev–Trinajstić information content (AvgIpc) is 3.56. The van der Waals surface area contributed by atoms with Crippen LogP contribution in [0.1, 0.15) is 66.0 Å². The number of rotatable bonds is 8. The number of hydrogen-bond donors (Lipinski definition) is 1. The Hall–Kier alpha value is -3.27. The van der Waals surface area contributed by atoms with Crippen molar-refractivity contribution in [2.75, 3.05) is 18.4 Å². The molecule has 1 amide bonds. The van der Waals surface area contributed by atoms with Gasteiger partial charge < -0.3 is 9.88 Å². The molecule has 1 aromatic carbocycles. The topological polar surface area (TPSA) is 88.8 Å². The highest BCUT2D eigenvalue weighted by atomic mass is 19.1. The van der Waals surface area contributed by atoms with E-state index in [0.29, 0.717) is 48.2 Å². The normalized spacial score (nSPS) is 19.1. The lowest BCUT2D eigenvalue weighted by atomic mass is 9.93. The second kappa shape index (κ2) is 8.75. The summed E-state index contributed by atoms with van der Waals surface area (Å²) in [6, 6.07) is 8.39. The van der Waals surface area contributed by atoms with Gasteiger partial charge in [-0.2, -0.15) is 0 Å². The quantitative estimate of drug-likeness (QED) is 0.528. The van der Waals surface area contributed by atoms with Crippen LogP contribution in [0.25, 0.3) is 0 Å². The maximum absolute atomic E-state index is 15.6. The molecule has 0 bridgehead atoms. The number of carbonyl (C=O) groups is 1. The number of hydrogen-bond acceptors (Lipinski definition) is 6. The van der Waals surface area contributed by atoms with Crippen LogP contribution < -0.4 is 5.32 Å². The van der Waals surface area contributed by atoms with E-state index in [4.69, 9.17) is 0 Å². The molecule has 0 spiro atoms. The first-order chi connectivity index (χ1) is 16.6. The molecule has 1 aliphatic heterocycles. The molecule has 0 radical (unpaired) electrons. The maximum atomic E-state index is 15.6. The molecule has 1 N–H and O–H groups in total. The number of likely N-dealkylation sites (tertiary alicyclic amines) is 1. The molecule has 2 fully saturated rings. The molecule has 184 valence electrons. The Balaban J connectivity index is 1.32. The largest absolute Gasteiger partial charge is 0.321 e. The summed E-state index contributed by atoms with van der Waals surface area (Å²) in [5.41, 5.74) is -1.02. The molecular weight excluding hydrogens is 452 g/mol. The number of anilines is 1. The van der Waals surface area contributed by atoms with E-state index in [9.17, 15) is 9.18 Å². The summed E-state index contributed by atoms with van der Waals surface area (Å²) < 4.78 is 31.2. The van der Waals surface area contributed by atoms with E-state index in [2.05, 4.69) is 25.5 Å². The molecule has 5 rings (SSSR count). The zero-order chi connectivity index (χ0) is 24.8. The molecule has 1 atom stereocenters. The van der Waals surface area contributed by atoms with E-state index in [1.807, 2.05) is 4.90 Å². The zero-order valence-electron chi connectivity index (χ0n) is 20.1. The predicted molar refractivity (Wildman–Crippen MR) is 126 cm³/mol. The lowest BCUT2D eigenvalue weighted by molar-refractivity contribution is -0.0233. The van der Waals surface area contributed by atoms with Gasteiger partial charge in [-0.25, -0.2) is 18.7 Å². The molecule has 1 saturated heterocycles. The van der Waals surface area contributed by atoms with E-state index < -0.39 is 11.3 Å². The Morgan fingerprint density at radius 3 is 2.69 bits per heavy atom. The standard InChI is InChI=1S/C25H29F2N7O/c1-24(26)13-34(14-24)12-19-10-20(31-22(29-19)16-7-8-16)23(35)30-18-6-4-5-17(9-18)25(2,27)11-21-32-28-15-33(21)3/h4-6,9-10,15-16H,7-8,11-14H2,1-3H3,(H,30,35)/t25-/m1/s1. The Morgan fingerprint density at radius 2 is 2.03 bits per heavy atom. The van der Waals surface area contributed by atoms with Crippen molar-refractivity contribution in [2.24, 2.45) is 7.05 Å². The first kappa shape index (κ1) is 23.5. The van der Waals surface area contributed by atoms with Crippen molar-refractivity contribution in [1.29, 1.82) is 0 Å². The van der Waals surface area contributed by atoms with Crippen molar-refractivity contribution in [1.82, 2.24) is 29.6 Å². The molecule has 1 saturated carbocycles. The van der Waals surface area contributed by atoms with Crippen LogP contribution >= 0.6 is 0 Å². The van der Waals surface area contributed by atoms with Crippen molar-refractivity contribution in [3.63, 3.8) is 0 Å². The van der Waals surface area contributed by atoms with Gasteiger partial charge >= 0.3 is 0 Å². The highest BCUT2D eigenvalue weighted by Crippen LogP contribution is 2.38. The molecule has 2 aliphatic rings. The summed E-state index contributed by atoms with van der Waals surface area (Å²) in [7, 11) is 1.77. The number of nitrogens with one attached hydrogen (secondary N) is 1.